The van der Waals surface area contributed by atoms with Gasteiger partial charge in [0.15, 0.2) is 11.6 Å². The summed E-state index contributed by atoms with van der Waals surface area (Å²) >= 11 is 0. The largest absolute Gasteiger partial charge is 0.378 e. The molecule has 4 aliphatic rings. The first kappa shape index (κ1) is 22.7. The van der Waals surface area contributed by atoms with Gasteiger partial charge in [-0.1, -0.05) is 0 Å². The molecule has 1 unspecified atom stereocenters. The molecular weight excluding hydrogens is 435 g/mol. The summed E-state index contributed by atoms with van der Waals surface area (Å²) in [6, 6.07) is 1.04. The number of fused-ring (bicyclic) bond motifs is 2. The Morgan fingerprint density at radius 2 is 1.61 bits per heavy atom. The second-order valence-corrected chi connectivity index (χ2v) is 10.0. The molecular formula is C24H30F3N3O3. The summed E-state index contributed by atoms with van der Waals surface area (Å²) in [6.07, 6.45) is 4.38. The van der Waals surface area contributed by atoms with E-state index >= 15 is 0 Å². The van der Waals surface area contributed by atoms with Gasteiger partial charge in [0.2, 0.25) is 11.8 Å². The van der Waals surface area contributed by atoms with Gasteiger partial charge in [-0.05, 0) is 62.5 Å². The Hall–Kier alpha value is -2.13. The van der Waals surface area contributed by atoms with E-state index < -0.39 is 28.9 Å². The minimum atomic E-state index is -1.21. The zero-order chi connectivity index (χ0) is 23.3. The summed E-state index contributed by atoms with van der Waals surface area (Å²) in [5, 5.41) is 0. The van der Waals surface area contributed by atoms with Gasteiger partial charge in [0.05, 0.1) is 13.2 Å². The highest BCUT2D eigenvalue weighted by Gasteiger charge is 2.62. The van der Waals surface area contributed by atoms with Gasteiger partial charge in [-0.25, -0.2) is 13.2 Å². The minimum absolute atomic E-state index is 0.0112. The second kappa shape index (κ2) is 8.58. The van der Waals surface area contributed by atoms with Gasteiger partial charge < -0.3 is 20.3 Å². The van der Waals surface area contributed by atoms with Gasteiger partial charge in [0.1, 0.15) is 11.2 Å². The van der Waals surface area contributed by atoms with Crippen molar-refractivity contribution in [3.05, 3.63) is 35.1 Å². The van der Waals surface area contributed by atoms with Gasteiger partial charge in [0.25, 0.3) is 0 Å². The van der Waals surface area contributed by atoms with Crippen molar-refractivity contribution < 1.29 is 27.5 Å². The number of nitrogens with two attached hydrogens (primary N) is 1. The first-order valence-electron chi connectivity index (χ1n) is 11.9. The Morgan fingerprint density at radius 3 is 2.21 bits per heavy atom. The molecule has 180 valence electrons. The highest BCUT2D eigenvalue weighted by atomic mass is 19.2. The number of hydrogen-bond donors (Lipinski definition) is 1. The maximum absolute atomic E-state index is 14.1. The van der Waals surface area contributed by atoms with E-state index in [-0.39, 0.29) is 41.8 Å². The van der Waals surface area contributed by atoms with Crippen LogP contribution in [0.15, 0.2) is 12.1 Å². The first-order chi connectivity index (χ1) is 15.8. The zero-order valence-corrected chi connectivity index (χ0v) is 18.6. The number of piperidine rings is 1. The molecule has 3 heterocycles. The molecule has 4 atom stereocenters. The molecule has 0 radical (unpaired) electrons. The van der Waals surface area contributed by atoms with E-state index in [4.69, 9.17) is 10.5 Å². The summed E-state index contributed by atoms with van der Waals surface area (Å²) in [4.78, 5) is 30.5. The molecule has 6 nitrogen and oxygen atoms in total. The Labute approximate surface area is 191 Å². The molecule has 4 fully saturated rings. The molecule has 1 aromatic rings. The number of rotatable bonds is 5. The minimum Gasteiger partial charge on any atom is -0.378 e. The molecule has 5 rings (SSSR count). The fourth-order valence-corrected chi connectivity index (χ4v) is 6.00. The summed E-state index contributed by atoms with van der Waals surface area (Å²) in [7, 11) is 0. The number of morpholine rings is 1. The van der Waals surface area contributed by atoms with Crippen molar-refractivity contribution in [2.75, 3.05) is 26.3 Å². The van der Waals surface area contributed by atoms with Crippen LogP contribution in [0.3, 0.4) is 0 Å². The number of benzene rings is 1. The van der Waals surface area contributed by atoms with E-state index in [1.165, 1.54) is 0 Å². The van der Waals surface area contributed by atoms with E-state index in [0.29, 0.717) is 58.1 Å². The average Bonchev–Trinajstić information content (AvgIpc) is 3.57. The van der Waals surface area contributed by atoms with Crippen LogP contribution in [0.25, 0.3) is 0 Å². The SMILES string of the molecule is N[C@H](Cc1cc(F)c(F)cc1F)C1C[C@H]2CC[C@@H](C1)N2C(=O)C1(C(=O)N2CCOCC2)CC1. The molecule has 2 bridgehead atoms. The number of ether oxygens (including phenoxy) is 1. The predicted molar refractivity (Wildman–Crippen MR) is 113 cm³/mol. The smallest absolute Gasteiger partial charge is 0.238 e. The average molecular weight is 466 g/mol. The second-order valence-electron chi connectivity index (χ2n) is 10.0. The molecule has 1 aromatic carbocycles. The predicted octanol–water partition coefficient (Wildman–Crippen LogP) is 2.38. The van der Waals surface area contributed by atoms with E-state index in [1.54, 1.807) is 4.90 Å². The van der Waals surface area contributed by atoms with Crippen molar-refractivity contribution in [3.63, 3.8) is 0 Å². The molecule has 0 aromatic heterocycles. The van der Waals surface area contributed by atoms with Crippen LogP contribution < -0.4 is 5.73 Å². The van der Waals surface area contributed by atoms with Gasteiger partial charge in [-0.15, -0.1) is 0 Å². The lowest BCUT2D eigenvalue weighted by Gasteiger charge is -2.43. The molecule has 33 heavy (non-hydrogen) atoms. The van der Waals surface area contributed by atoms with Crippen LogP contribution in [0.1, 0.15) is 44.1 Å². The molecule has 2 N–H and O–H groups in total. The quantitative estimate of drug-likeness (QED) is 0.535. The van der Waals surface area contributed by atoms with E-state index in [2.05, 4.69) is 0 Å². The van der Waals surface area contributed by atoms with Crippen molar-refractivity contribution in [2.24, 2.45) is 17.1 Å². The lowest BCUT2D eigenvalue weighted by atomic mass is 9.82. The van der Waals surface area contributed by atoms with Gasteiger partial charge in [-0.2, -0.15) is 0 Å². The van der Waals surface area contributed by atoms with Crippen LogP contribution in [0.2, 0.25) is 0 Å². The zero-order valence-electron chi connectivity index (χ0n) is 18.6. The van der Waals surface area contributed by atoms with Gasteiger partial charge in [-0.3, -0.25) is 9.59 Å². The third-order valence-corrected chi connectivity index (χ3v) is 8.02. The molecule has 1 saturated carbocycles. The number of carbonyl (C=O) groups excluding carboxylic acids is 2. The molecule has 9 heteroatoms. The third kappa shape index (κ3) is 4.03. The summed E-state index contributed by atoms with van der Waals surface area (Å²) in [5.74, 6) is -3.16. The highest BCUT2D eigenvalue weighted by molar-refractivity contribution is 6.08. The number of nitrogens with zero attached hydrogens (tertiary/aromatic N) is 2. The van der Waals surface area contributed by atoms with Crippen LogP contribution >= 0.6 is 0 Å². The lowest BCUT2D eigenvalue weighted by molar-refractivity contribution is -0.154. The van der Waals surface area contributed by atoms with Crippen molar-refractivity contribution in [1.82, 2.24) is 9.80 Å². The van der Waals surface area contributed by atoms with E-state index in [0.717, 1.165) is 18.9 Å². The number of amides is 2. The molecule has 3 saturated heterocycles. The lowest BCUT2D eigenvalue weighted by Crippen LogP contribution is -2.56. The molecule has 3 aliphatic heterocycles. The number of hydrogen-bond acceptors (Lipinski definition) is 4. The highest BCUT2D eigenvalue weighted by Crippen LogP contribution is 2.52. The summed E-state index contributed by atoms with van der Waals surface area (Å²) < 4.78 is 46.3. The topological polar surface area (TPSA) is 75.9 Å². The normalized spacial score (nSPS) is 29.2. The van der Waals surface area contributed by atoms with Gasteiger partial charge in [0, 0.05) is 37.3 Å². The van der Waals surface area contributed by atoms with E-state index in [9.17, 15) is 22.8 Å². The fourth-order valence-electron chi connectivity index (χ4n) is 6.00. The van der Waals surface area contributed by atoms with Crippen LogP contribution in [0.4, 0.5) is 13.2 Å². The molecule has 0 spiro atoms. The third-order valence-electron chi connectivity index (χ3n) is 8.02. The molecule has 1 aliphatic carbocycles. The first-order valence-corrected chi connectivity index (χ1v) is 11.9. The van der Waals surface area contributed by atoms with E-state index in [1.807, 2.05) is 4.90 Å². The number of halogens is 3. The van der Waals surface area contributed by atoms with Crippen molar-refractivity contribution in [3.8, 4) is 0 Å². The van der Waals surface area contributed by atoms with Crippen molar-refractivity contribution in [2.45, 2.75) is 63.1 Å². The van der Waals surface area contributed by atoms with Crippen molar-refractivity contribution >= 4 is 11.8 Å². The number of carbonyl (C=O) groups is 2. The van der Waals surface area contributed by atoms with Gasteiger partial charge >= 0.3 is 0 Å². The fraction of sp³-hybridized carbons (Fsp3) is 0.667. The summed E-state index contributed by atoms with van der Waals surface area (Å²) in [6.45, 7) is 2.06. The van der Waals surface area contributed by atoms with Crippen LogP contribution in [-0.4, -0.2) is 66.0 Å². The Balaban J connectivity index is 1.25. The molecule has 2 amide bonds. The monoisotopic (exact) mass is 465 g/mol. The maximum Gasteiger partial charge on any atom is 0.238 e. The Morgan fingerprint density at radius 1 is 1.00 bits per heavy atom. The maximum atomic E-state index is 14.1. The Kier molecular flexibility index (Phi) is 5.89. The van der Waals surface area contributed by atoms with Crippen LogP contribution in [0, 0.1) is 28.8 Å². The van der Waals surface area contributed by atoms with Crippen molar-refractivity contribution in [1.29, 1.82) is 0 Å². The van der Waals surface area contributed by atoms with Crippen LogP contribution in [0.5, 0.6) is 0 Å². The Bertz CT molecular complexity index is 934. The van der Waals surface area contributed by atoms with Crippen LogP contribution in [-0.2, 0) is 20.7 Å². The standard InChI is InChI=1S/C24H30F3N3O3/c25-18-13-20(27)19(26)11-14(18)12-21(28)15-9-16-1-2-17(10-15)30(16)23(32)24(3-4-24)22(31)29-5-7-33-8-6-29/h11,13,15-17,21H,1-10,12,28H2/t15?,16-,17+,21-/m1/s1. The summed E-state index contributed by atoms with van der Waals surface area (Å²) in [5.41, 5.74) is 5.55.